The molecule has 1 heterocycles. The molecule has 0 aliphatic heterocycles. The minimum atomic E-state index is -0.0699. The molecule has 0 aromatic carbocycles. The summed E-state index contributed by atoms with van der Waals surface area (Å²) in [5, 5.41) is 5.79. The van der Waals surface area contributed by atoms with E-state index in [1.54, 1.807) is 25.4 Å². The van der Waals surface area contributed by atoms with Crippen LogP contribution >= 0.6 is 0 Å². The molecular formula is C11H17N3O. The second-order valence-corrected chi connectivity index (χ2v) is 3.46. The lowest BCUT2D eigenvalue weighted by molar-refractivity contribution is 0.0939. The Balaban J connectivity index is 2.66. The monoisotopic (exact) mass is 207 g/mol. The van der Waals surface area contributed by atoms with E-state index < -0.39 is 0 Å². The van der Waals surface area contributed by atoms with Crippen LogP contribution in [0.5, 0.6) is 0 Å². The molecule has 82 valence electrons. The molecule has 0 aliphatic rings. The molecular weight excluding hydrogens is 190 g/mol. The van der Waals surface area contributed by atoms with Crippen LogP contribution in [0.2, 0.25) is 0 Å². The first kappa shape index (κ1) is 11.5. The van der Waals surface area contributed by atoms with Crippen LogP contribution in [-0.4, -0.2) is 24.0 Å². The Morgan fingerprint density at radius 3 is 2.73 bits per heavy atom. The molecule has 0 radical (unpaired) electrons. The number of aromatic nitrogens is 1. The third-order valence-electron chi connectivity index (χ3n) is 2.27. The summed E-state index contributed by atoms with van der Waals surface area (Å²) < 4.78 is 0. The molecule has 1 aromatic heterocycles. The Morgan fingerprint density at radius 1 is 1.53 bits per heavy atom. The lowest BCUT2D eigenvalue weighted by Crippen LogP contribution is -2.31. The molecule has 0 aliphatic carbocycles. The van der Waals surface area contributed by atoms with Crippen molar-refractivity contribution in [1.82, 2.24) is 10.3 Å². The second kappa shape index (κ2) is 5.34. The van der Waals surface area contributed by atoms with Gasteiger partial charge in [-0.25, -0.2) is 4.98 Å². The average molecular weight is 207 g/mol. The Hall–Kier alpha value is -1.58. The minimum absolute atomic E-state index is 0.0699. The summed E-state index contributed by atoms with van der Waals surface area (Å²) in [5.41, 5.74) is 0.592. The van der Waals surface area contributed by atoms with Gasteiger partial charge in [-0.2, -0.15) is 0 Å². The average Bonchev–Trinajstić information content (AvgIpc) is 2.29. The van der Waals surface area contributed by atoms with Gasteiger partial charge in [0.25, 0.3) is 5.91 Å². The van der Waals surface area contributed by atoms with Gasteiger partial charge in [-0.1, -0.05) is 6.92 Å². The zero-order valence-corrected chi connectivity index (χ0v) is 9.37. The first-order valence-electron chi connectivity index (χ1n) is 5.12. The third kappa shape index (κ3) is 3.23. The largest absolute Gasteiger partial charge is 0.373 e. The molecule has 4 nitrogen and oxygen atoms in total. The number of carbonyl (C=O) groups is 1. The fourth-order valence-electron chi connectivity index (χ4n) is 1.09. The highest BCUT2D eigenvalue weighted by Gasteiger charge is 2.08. The molecule has 2 N–H and O–H groups in total. The van der Waals surface area contributed by atoms with Crippen LogP contribution in [0, 0.1) is 0 Å². The summed E-state index contributed by atoms with van der Waals surface area (Å²) in [6, 6.07) is 3.74. The molecule has 1 rings (SSSR count). The van der Waals surface area contributed by atoms with E-state index >= 15 is 0 Å². The normalized spacial score (nSPS) is 11.9. The van der Waals surface area contributed by atoms with Crippen LogP contribution in [0.15, 0.2) is 18.3 Å². The lowest BCUT2D eigenvalue weighted by atomic mass is 10.2. The SMILES string of the molecule is CCC(C)NC(=O)c1ccc(NC)nc1. The van der Waals surface area contributed by atoms with Gasteiger partial charge < -0.3 is 10.6 Å². The van der Waals surface area contributed by atoms with Crippen molar-refractivity contribution in [2.75, 3.05) is 12.4 Å². The zero-order valence-electron chi connectivity index (χ0n) is 9.37. The highest BCUT2D eigenvalue weighted by Crippen LogP contribution is 2.04. The highest BCUT2D eigenvalue weighted by molar-refractivity contribution is 5.94. The highest BCUT2D eigenvalue weighted by atomic mass is 16.1. The van der Waals surface area contributed by atoms with Crippen LogP contribution in [0.4, 0.5) is 5.82 Å². The molecule has 1 atom stereocenters. The minimum Gasteiger partial charge on any atom is -0.373 e. The lowest BCUT2D eigenvalue weighted by Gasteiger charge is -2.11. The first-order valence-corrected chi connectivity index (χ1v) is 5.12. The van der Waals surface area contributed by atoms with Gasteiger partial charge in [-0.3, -0.25) is 4.79 Å². The van der Waals surface area contributed by atoms with Crippen molar-refractivity contribution in [2.24, 2.45) is 0 Å². The van der Waals surface area contributed by atoms with E-state index in [1.807, 2.05) is 13.8 Å². The molecule has 1 aromatic rings. The predicted octanol–water partition coefficient (Wildman–Crippen LogP) is 1.65. The molecule has 0 bridgehead atoms. The van der Waals surface area contributed by atoms with Gasteiger partial charge >= 0.3 is 0 Å². The number of amides is 1. The number of hydrogen-bond donors (Lipinski definition) is 2. The Labute approximate surface area is 90.1 Å². The van der Waals surface area contributed by atoms with Gasteiger partial charge in [0.2, 0.25) is 0 Å². The Bertz CT molecular complexity index is 321. The molecule has 1 unspecified atom stereocenters. The van der Waals surface area contributed by atoms with Crippen LogP contribution in [0.25, 0.3) is 0 Å². The number of hydrogen-bond acceptors (Lipinski definition) is 3. The summed E-state index contributed by atoms with van der Waals surface area (Å²) in [4.78, 5) is 15.7. The standard InChI is InChI=1S/C11H17N3O/c1-4-8(2)14-11(15)9-5-6-10(12-3)13-7-9/h5-8H,4H2,1-3H3,(H,12,13)(H,14,15). The molecule has 0 fully saturated rings. The van der Waals surface area contributed by atoms with Crippen molar-refractivity contribution in [3.05, 3.63) is 23.9 Å². The number of carbonyl (C=O) groups excluding carboxylic acids is 1. The number of nitrogens with zero attached hydrogens (tertiary/aromatic N) is 1. The third-order valence-corrected chi connectivity index (χ3v) is 2.27. The van der Waals surface area contributed by atoms with E-state index in [0.29, 0.717) is 5.56 Å². The zero-order chi connectivity index (χ0) is 11.3. The van der Waals surface area contributed by atoms with E-state index in [2.05, 4.69) is 15.6 Å². The van der Waals surface area contributed by atoms with Gasteiger partial charge in [-0.15, -0.1) is 0 Å². The Morgan fingerprint density at radius 2 is 2.27 bits per heavy atom. The predicted molar refractivity (Wildman–Crippen MR) is 61.0 cm³/mol. The molecule has 15 heavy (non-hydrogen) atoms. The van der Waals surface area contributed by atoms with E-state index in [-0.39, 0.29) is 11.9 Å². The summed E-state index contributed by atoms with van der Waals surface area (Å²) in [7, 11) is 1.79. The van der Waals surface area contributed by atoms with Crippen molar-refractivity contribution in [3.8, 4) is 0 Å². The fourth-order valence-corrected chi connectivity index (χ4v) is 1.09. The van der Waals surface area contributed by atoms with Gasteiger partial charge in [0.15, 0.2) is 0 Å². The second-order valence-electron chi connectivity index (χ2n) is 3.46. The quantitative estimate of drug-likeness (QED) is 0.789. The molecule has 0 saturated carbocycles. The van der Waals surface area contributed by atoms with E-state index in [0.717, 1.165) is 12.2 Å². The maximum atomic E-state index is 11.6. The van der Waals surface area contributed by atoms with Gasteiger partial charge in [0, 0.05) is 19.3 Å². The number of nitrogens with one attached hydrogen (secondary N) is 2. The van der Waals surface area contributed by atoms with Crippen molar-refractivity contribution in [2.45, 2.75) is 26.3 Å². The summed E-state index contributed by atoms with van der Waals surface area (Å²) >= 11 is 0. The van der Waals surface area contributed by atoms with Crippen LogP contribution in [0.3, 0.4) is 0 Å². The number of rotatable bonds is 4. The van der Waals surface area contributed by atoms with Crippen LogP contribution in [0.1, 0.15) is 30.6 Å². The fraction of sp³-hybridized carbons (Fsp3) is 0.455. The van der Waals surface area contributed by atoms with Crippen LogP contribution < -0.4 is 10.6 Å². The number of pyridine rings is 1. The van der Waals surface area contributed by atoms with Crippen molar-refractivity contribution in [3.63, 3.8) is 0 Å². The summed E-state index contributed by atoms with van der Waals surface area (Å²) in [5.74, 6) is 0.689. The van der Waals surface area contributed by atoms with E-state index in [4.69, 9.17) is 0 Å². The van der Waals surface area contributed by atoms with Gasteiger partial charge in [-0.05, 0) is 25.5 Å². The van der Waals surface area contributed by atoms with Gasteiger partial charge in [0.1, 0.15) is 5.82 Å². The molecule has 0 spiro atoms. The summed E-state index contributed by atoms with van der Waals surface area (Å²) in [6.07, 6.45) is 2.50. The maximum absolute atomic E-state index is 11.6. The van der Waals surface area contributed by atoms with E-state index in [9.17, 15) is 4.79 Å². The van der Waals surface area contributed by atoms with Crippen molar-refractivity contribution < 1.29 is 4.79 Å². The van der Waals surface area contributed by atoms with Gasteiger partial charge in [0.05, 0.1) is 5.56 Å². The molecule has 4 heteroatoms. The molecule has 1 amide bonds. The van der Waals surface area contributed by atoms with Crippen molar-refractivity contribution >= 4 is 11.7 Å². The number of anilines is 1. The maximum Gasteiger partial charge on any atom is 0.253 e. The smallest absolute Gasteiger partial charge is 0.253 e. The van der Waals surface area contributed by atoms with Crippen molar-refractivity contribution in [1.29, 1.82) is 0 Å². The van der Waals surface area contributed by atoms with E-state index in [1.165, 1.54) is 0 Å². The first-order chi connectivity index (χ1) is 7.17. The Kier molecular flexibility index (Phi) is 4.09. The summed E-state index contributed by atoms with van der Waals surface area (Å²) in [6.45, 7) is 4.01. The molecule has 0 saturated heterocycles. The van der Waals surface area contributed by atoms with Crippen LogP contribution in [-0.2, 0) is 0 Å². The topological polar surface area (TPSA) is 54.0 Å².